The van der Waals surface area contributed by atoms with Gasteiger partial charge in [0, 0.05) is 10.8 Å². The average Bonchev–Trinajstić information content (AvgIpc) is 3.31. The molecule has 0 bridgehead atoms. The van der Waals surface area contributed by atoms with Gasteiger partial charge in [0.15, 0.2) is 17.2 Å². The van der Waals surface area contributed by atoms with Crippen molar-refractivity contribution in [1.29, 1.82) is 0 Å². The molecule has 0 aromatic rings. The fraction of sp³-hybridized carbons (Fsp3) is 0.714. The molecular formula is C21H26O6. The molecule has 6 heteroatoms. The van der Waals surface area contributed by atoms with Crippen LogP contribution >= 0.6 is 0 Å². The quantitative estimate of drug-likeness (QED) is 0.614. The fourth-order valence-corrected chi connectivity index (χ4v) is 7.29. The molecular weight excluding hydrogens is 348 g/mol. The highest BCUT2D eigenvalue weighted by molar-refractivity contribution is 6.01. The summed E-state index contributed by atoms with van der Waals surface area (Å²) in [5, 5.41) is 31.3. The summed E-state index contributed by atoms with van der Waals surface area (Å²) in [4.78, 5) is 24.3. The molecule has 1 saturated heterocycles. The van der Waals surface area contributed by atoms with Gasteiger partial charge in [0.1, 0.15) is 12.2 Å². The molecule has 3 N–H and O–H groups in total. The maximum atomic E-state index is 12.5. The smallest absolute Gasteiger partial charge is 0.192 e. The highest BCUT2D eigenvalue weighted by atomic mass is 16.6. The molecule has 27 heavy (non-hydrogen) atoms. The van der Waals surface area contributed by atoms with Gasteiger partial charge in [-0.1, -0.05) is 18.6 Å². The van der Waals surface area contributed by atoms with E-state index in [1.807, 2.05) is 13.0 Å². The van der Waals surface area contributed by atoms with Crippen molar-refractivity contribution < 1.29 is 29.6 Å². The summed E-state index contributed by atoms with van der Waals surface area (Å²) in [5.41, 5.74) is -2.50. The second-order valence-corrected chi connectivity index (χ2v) is 9.48. The number of aliphatic hydroxyl groups is 3. The van der Waals surface area contributed by atoms with E-state index >= 15 is 0 Å². The van der Waals surface area contributed by atoms with E-state index in [2.05, 4.69) is 6.92 Å². The Morgan fingerprint density at radius 2 is 2.07 bits per heavy atom. The monoisotopic (exact) mass is 374 g/mol. The van der Waals surface area contributed by atoms with Gasteiger partial charge in [-0.25, -0.2) is 0 Å². The molecule has 4 aliphatic carbocycles. The summed E-state index contributed by atoms with van der Waals surface area (Å²) in [5.74, 6) is -0.708. The first-order valence-electron chi connectivity index (χ1n) is 9.82. The van der Waals surface area contributed by atoms with Gasteiger partial charge in [0.25, 0.3) is 0 Å². The van der Waals surface area contributed by atoms with Gasteiger partial charge >= 0.3 is 0 Å². The minimum atomic E-state index is -1.94. The Morgan fingerprint density at radius 3 is 2.78 bits per heavy atom. The fourth-order valence-electron chi connectivity index (χ4n) is 7.29. The Bertz CT molecular complexity index is 815. The highest BCUT2D eigenvalue weighted by Crippen LogP contribution is 2.75. The van der Waals surface area contributed by atoms with Crippen LogP contribution in [0.3, 0.4) is 0 Å². The number of carbonyl (C=O) groups excluding carboxylic acids is 2. The van der Waals surface area contributed by atoms with E-state index in [9.17, 15) is 24.9 Å². The molecule has 1 aliphatic heterocycles. The van der Waals surface area contributed by atoms with Crippen LogP contribution in [0.1, 0.15) is 39.5 Å². The summed E-state index contributed by atoms with van der Waals surface area (Å²) in [6, 6.07) is 0. The predicted molar refractivity (Wildman–Crippen MR) is 94.5 cm³/mol. The van der Waals surface area contributed by atoms with E-state index in [4.69, 9.17) is 4.74 Å². The Balaban J connectivity index is 1.60. The molecule has 3 saturated carbocycles. The van der Waals surface area contributed by atoms with E-state index in [0.29, 0.717) is 12.8 Å². The third-order valence-corrected chi connectivity index (χ3v) is 8.72. The average molecular weight is 374 g/mol. The molecule has 146 valence electrons. The van der Waals surface area contributed by atoms with Crippen LogP contribution < -0.4 is 0 Å². The number of allylic oxidation sites excluding steroid dienone is 2. The van der Waals surface area contributed by atoms with Gasteiger partial charge in [-0.3, -0.25) is 9.59 Å². The second kappa shape index (κ2) is 4.98. The number of Topliss-reactive ketones (excluding diaryl/α,β-unsaturated/α-hetero) is 1. The van der Waals surface area contributed by atoms with Crippen molar-refractivity contribution >= 4 is 11.6 Å². The van der Waals surface area contributed by atoms with Crippen molar-refractivity contribution in [2.45, 2.75) is 62.9 Å². The molecule has 8 atom stereocenters. The lowest BCUT2D eigenvalue weighted by molar-refractivity contribution is -0.173. The minimum absolute atomic E-state index is 0.00868. The third kappa shape index (κ3) is 1.73. The molecule has 1 spiro atoms. The standard InChI is InChI=1S/C21H26O6/c1-18-6-5-12(23)7-11(18)3-4-13-14-8-15(24)20(26,16(25)10-22)19(14,2)9-17-21(13,18)27-17/h5-7,13-15,17,22,24,26H,3-4,8-10H2,1-2H3/t13-,14-,15?,17?,18-,19-,20-,21?/m0/s1. The van der Waals surface area contributed by atoms with Crippen molar-refractivity contribution in [3.05, 3.63) is 23.8 Å². The summed E-state index contributed by atoms with van der Waals surface area (Å²) in [6.07, 6.45) is 6.33. The number of carbonyl (C=O) groups is 2. The minimum Gasteiger partial charge on any atom is -0.390 e. The first-order valence-corrected chi connectivity index (χ1v) is 9.82. The second-order valence-electron chi connectivity index (χ2n) is 9.48. The number of ketones is 2. The van der Waals surface area contributed by atoms with E-state index in [1.165, 1.54) is 0 Å². The third-order valence-electron chi connectivity index (χ3n) is 8.72. The molecule has 0 amide bonds. The van der Waals surface area contributed by atoms with Crippen LogP contribution in [0.2, 0.25) is 0 Å². The van der Waals surface area contributed by atoms with E-state index in [0.717, 1.165) is 18.4 Å². The van der Waals surface area contributed by atoms with Gasteiger partial charge in [0.05, 0.1) is 12.2 Å². The summed E-state index contributed by atoms with van der Waals surface area (Å²) < 4.78 is 6.35. The maximum Gasteiger partial charge on any atom is 0.192 e. The molecule has 1 heterocycles. The zero-order valence-electron chi connectivity index (χ0n) is 15.6. The summed E-state index contributed by atoms with van der Waals surface area (Å²) >= 11 is 0. The number of ether oxygens (including phenoxy) is 1. The van der Waals surface area contributed by atoms with E-state index < -0.39 is 35.1 Å². The topological polar surface area (TPSA) is 107 Å². The molecule has 5 rings (SSSR count). The number of fused-ring (bicyclic) bond motifs is 3. The van der Waals surface area contributed by atoms with Crippen LogP contribution in [0.4, 0.5) is 0 Å². The van der Waals surface area contributed by atoms with Crippen molar-refractivity contribution in [2.75, 3.05) is 6.61 Å². The highest BCUT2D eigenvalue weighted by Gasteiger charge is 2.82. The van der Waals surface area contributed by atoms with Crippen LogP contribution in [0, 0.1) is 22.7 Å². The van der Waals surface area contributed by atoms with Crippen LogP contribution in [-0.2, 0) is 14.3 Å². The Kier molecular flexibility index (Phi) is 3.27. The van der Waals surface area contributed by atoms with Crippen molar-refractivity contribution in [2.24, 2.45) is 22.7 Å². The van der Waals surface area contributed by atoms with E-state index in [-0.39, 0.29) is 29.1 Å². The Labute approximate surface area is 157 Å². The van der Waals surface area contributed by atoms with Gasteiger partial charge in [-0.2, -0.15) is 0 Å². The summed E-state index contributed by atoms with van der Waals surface area (Å²) in [7, 11) is 0. The molecule has 5 aliphatic rings. The molecule has 6 nitrogen and oxygen atoms in total. The van der Waals surface area contributed by atoms with Crippen LogP contribution in [-0.4, -0.2) is 56.9 Å². The number of hydrogen-bond acceptors (Lipinski definition) is 6. The number of rotatable bonds is 2. The maximum absolute atomic E-state index is 12.5. The van der Waals surface area contributed by atoms with Crippen molar-refractivity contribution in [3.63, 3.8) is 0 Å². The molecule has 0 radical (unpaired) electrons. The zero-order valence-corrected chi connectivity index (χ0v) is 15.6. The molecule has 3 unspecified atom stereocenters. The largest absolute Gasteiger partial charge is 0.390 e. The number of hydrogen-bond donors (Lipinski definition) is 3. The van der Waals surface area contributed by atoms with Crippen molar-refractivity contribution in [1.82, 2.24) is 0 Å². The van der Waals surface area contributed by atoms with Crippen LogP contribution in [0.5, 0.6) is 0 Å². The van der Waals surface area contributed by atoms with Gasteiger partial charge in [0.2, 0.25) is 0 Å². The molecule has 0 aromatic heterocycles. The van der Waals surface area contributed by atoms with Gasteiger partial charge in [-0.05, 0) is 56.6 Å². The van der Waals surface area contributed by atoms with E-state index in [1.54, 1.807) is 12.2 Å². The van der Waals surface area contributed by atoms with Crippen LogP contribution in [0.15, 0.2) is 23.8 Å². The Hall–Kier alpha value is -1.34. The Morgan fingerprint density at radius 1 is 1.33 bits per heavy atom. The first kappa shape index (κ1) is 17.7. The first-order chi connectivity index (χ1) is 12.6. The predicted octanol–water partition coefficient (Wildman–Crippen LogP) is 0.689. The molecule has 4 fully saturated rings. The van der Waals surface area contributed by atoms with Crippen molar-refractivity contribution in [3.8, 4) is 0 Å². The van der Waals surface area contributed by atoms with Crippen LogP contribution in [0.25, 0.3) is 0 Å². The van der Waals surface area contributed by atoms with Gasteiger partial charge in [-0.15, -0.1) is 0 Å². The van der Waals surface area contributed by atoms with Gasteiger partial charge < -0.3 is 20.1 Å². The lowest BCUT2D eigenvalue weighted by atomic mass is 9.47. The lowest BCUT2D eigenvalue weighted by Crippen LogP contribution is -2.63. The lowest BCUT2D eigenvalue weighted by Gasteiger charge is -2.55. The normalized spacial score (nSPS) is 55.1. The SMILES string of the molecule is C[C@]12C=CC(=O)C=C1CC[C@H]1[C@@H]3CC(O)[C@](O)(C(=O)CO)[C@@]3(C)CC3OC312. The number of aliphatic hydroxyl groups excluding tert-OH is 2. The summed E-state index contributed by atoms with van der Waals surface area (Å²) in [6.45, 7) is 3.20. The number of epoxide rings is 1. The zero-order chi connectivity index (χ0) is 19.4. The molecule has 0 aromatic carbocycles.